The number of aliphatic hydroxyl groups is 3. The number of carbonyl (C=O) groups excluding carboxylic acids is 2. The van der Waals surface area contributed by atoms with Gasteiger partial charge in [0, 0.05) is 0 Å². The van der Waals surface area contributed by atoms with Crippen molar-refractivity contribution in [2.45, 2.75) is 30.7 Å². The van der Waals surface area contributed by atoms with Gasteiger partial charge in [-0.25, -0.2) is 9.59 Å². The molecule has 1 heterocycles. The lowest BCUT2D eigenvalue weighted by molar-refractivity contribution is -0.285. The van der Waals surface area contributed by atoms with Gasteiger partial charge in [0.25, 0.3) is 0 Å². The van der Waals surface area contributed by atoms with Gasteiger partial charge in [0.1, 0.15) is 12.2 Å². The minimum Gasteiger partial charge on any atom is -0.504 e. The highest BCUT2D eigenvalue weighted by Gasteiger charge is 2.49. The molecule has 1 aliphatic rings. The number of aliphatic hydroxyl groups excluding tert-OH is 3. The van der Waals surface area contributed by atoms with Crippen LogP contribution in [-0.4, -0.2) is 95.2 Å². The molecule has 0 aromatic heterocycles. The summed E-state index contributed by atoms with van der Waals surface area (Å²) in [6.07, 6.45) is -9.15. The number of hydrogen-bond acceptors (Lipinski definition) is 14. The highest BCUT2D eigenvalue weighted by Crippen LogP contribution is 2.37. The van der Waals surface area contributed by atoms with Crippen LogP contribution < -0.4 is 0 Å². The molecule has 14 heteroatoms. The van der Waals surface area contributed by atoms with Crippen LogP contribution in [0.4, 0.5) is 0 Å². The van der Waals surface area contributed by atoms with Crippen LogP contribution in [0.2, 0.25) is 0 Å². The standard InChI is InChI=1S/C20H20O14/c21-5-12-16(33-18(29)6-1-8(22)13(26)9(23)2-6)17(15(28)20(31)32-12)34-19(30)7-3-10(24)14(27)11(25)4-7/h1-4,12,15-17,20-28,31H,5H2. The maximum atomic E-state index is 12.6. The van der Waals surface area contributed by atoms with Gasteiger partial charge in [-0.2, -0.15) is 0 Å². The summed E-state index contributed by atoms with van der Waals surface area (Å²) in [5, 5.41) is 87.0. The van der Waals surface area contributed by atoms with E-state index >= 15 is 0 Å². The third kappa shape index (κ3) is 4.69. The highest BCUT2D eigenvalue weighted by atomic mass is 16.7. The minimum absolute atomic E-state index is 0.483. The summed E-state index contributed by atoms with van der Waals surface area (Å²) < 4.78 is 15.2. The normalized spacial score (nSPS) is 24.4. The first-order valence-electron chi connectivity index (χ1n) is 9.48. The molecular formula is C20H20O14. The van der Waals surface area contributed by atoms with Crippen LogP contribution in [-0.2, 0) is 14.2 Å². The number of hydrogen-bond donors (Lipinski definition) is 9. The van der Waals surface area contributed by atoms with E-state index in [4.69, 9.17) is 14.2 Å². The zero-order chi connectivity index (χ0) is 25.3. The third-order valence-corrected chi connectivity index (χ3v) is 4.91. The molecule has 0 bridgehead atoms. The molecule has 2 aromatic carbocycles. The molecule has 5 unspecified atom stereocenters. The fourth-order valence-corrected chi connectivity index (χ4v) is 3.16. The van der Waals surface area contributed by atoms with Gasteiger partial charge in [-0.05, 0) is 24.3 Å². The Labute approximate surface area is 189 Å². The Kier molecular flexibility index (Phi) is 6.88. The van der Waals surface area contributed by atoms with Gasteiger partial charge in [0.05, 0.1) is 17.7 Å². The summed E-state index contributed by atoms with van der Waals surface area (Å²) >= 11 is 0. The molecule has 2 aromatic rings. The number of rotatable bonds is 5. The molecule has 0 aliphatic carbocycles. The monoisotopic (exact) mass is 484 g/mol. The van der Waals surface area contributed by atoms with E-state index < -0.39 is 94.9 Å². The second-order valence-electron chi connectivity index (χ2n) is 7.20. The van der Waals surface area contributed by atoms with Crippen molar-refractivity contribution in [3.8, 4) is 34.5 Å². The molecule has 1 aliphatic heterocycles. The van der Waals surface area contributed by atoms with Gasteiger partial charge in [-0.3, -0.25) is 0 Å². The molecular weight excluding hydrogens is 464 g/mol. The summed E-state index contributed by atoms with van der Waals surface area (Å²) in [5.41, 5.74) is -0.983. The van der Waals surface area contributed by atoms with Crippen molar-refractivity contribution in [1.29, 1.82) is 0 Å². The van der Waals surface area contributed by atoms with Crippen molar-refractivity contribution >= 4 is 11.9 Å². The fourth-order valence-electron chi connectivity index (χ4n) is 3.16. The van der Waals surface area contributed by atoms with Crippen LogP contribution >= 0.6 is 0 Å². The zero-order valence-corrected chi connectivity index (χ0v) is 17.0. The molecule has 184 valence electrons. The second kappa shape index (κ2) is 9.48. The molecule has 0 saturated carbocycles. The number of benzene rings is 2. The molecule has 1 saturated heterocycles. The van der Waals surface area contributed by atoms with Crippen molar-refractivity contribution < 1.29 is 69.8 Å². The van der Waals surface area contributed by atoms with Crippen molar-refractivity contribution in [3.05, 3.63) is 35.4 Å². The molecule has 9 N–H and O–H groups in total. The first kappa shape index (κ1) is 24.7. The first-order valence-corrected chi connectivity index (χ1v) is 9.48. The van der Waals surface area contributed by atoms with E-state index in [0.29, 0.717) is 0 Å². The topological polar surface area (TPSA) is 244 Å². The fraction of sp³-hybridized carbons (Fsp3) is 0.300. The van der Waals surface area contributed by atoms with Crippen LogP contribution in [0.15, 0.2) is 24.3 Å². The summed E-state index contributed by atoms with van der Waals surface area (Å²) in [4.78, 5) is 25.1. The second-order valence-corrected chi connectivity index (χ2v) is 7.20. The summed E-state index contributed by atoms with van der Waals surface area (Å²) in [7, 11) is 0. The first-order chi connectivity index (χ1) is 15.9. The Morgan fingerprint density at radius 2 is 1.12 bits per heavy atom. The lowest BCUT2D eigenvalue weighted by atomic mass is 9.98. The molecule has 1 fully saturated rings. The van der Waals surface area contributed by atoms with Crippen LogP contribution in [0.25, 0.3) is 0 Å². The Morgan fingerprint density at radius 1 is 0.735 bits per heavy atom. The minimum atomic E-state index is -2.01. The lowest BCUT2D eigenvalue weighted by Crippen LogP contribution is -2.61. The number of ether oxygens (including phenoxy) is 3. The van der Waals surface area contributed by atoms with Gasteiger partial charge in [0.2, 0.25) is 0 Å². The van der Waals surface area contributed by atoms with Gasteiger partial charge in [0.15, 0.2) is 53.0 Å². The molecule has 5 atom stereocenters. The molecule has 3 rings (SSSR count). The lowest BCUT2D eigenvalue weighted by Gasteiger charge is -2.41. The van der Waals surface area contributed by atoms with E-state index in [1.54, 1.807) is 0 Å². The number of esters is 2. The highest BCUT2D eigenvalue weighted by molar-refractivity contribution is 5.92. The van der Waals surface area contributed by atoms with Crippen LogP contribution in [0.1, 0.15) is 20.7 Å². The van der Waals surface area contributed by atoms with Gasteiger partial charge < -0.3 is 60.2 Å². The molecule has 0 spiro atoms. The Balaban J connectivity index is 1.91. The largest absolute Gasteiger partial charge is 0.504 e. The van der Waals surface area contributed by atoms with E-state index in [2.05, 4.69) is 0 Å². The van der Waals surface area contributed by atoms with Crippen molar-refractivity contribution in [2.75, 3.05) is 6.61 Å². The molecule has 34 heavy (non-hydrogen) atoms. The SMILES string of the molecule is O=C(OC1C(CO)OC(O)C(O)C1OC(=O)c1cc(O)c(O)c(O)c1)c1cc(O)c(O)c(O)c1. The predicted molar refractivity (Wildman–Crippen MR) is 105 cm³/mol. The number of aromatic hydroxyl groups is 6. The number of phenols is 6. The molecule has 14 nitrogen and oxygen atoms in total. The van der Waals surface area contributed by atoms with Crippen molar-refractivity contribution in [1.82, 2.24) is 0 Å². The summed E-state index contributed by atoms with van der Waals surface area (Å²) in [6.45, 7) is -0.886. The Hall–Kier alpha value is -3.98. The average Bonchev–Trinajstić information content (AvgIpc) is 2.79. The summed E-state index contributed by atoms with van der Waals surface area (Å²) in [5.74, 6) is -7.87. The van der Waals surface area contributed by atoms with E-state index in [1.807, 2.05) is 0 Å². The van der Waals surface area contributed by atoms with Crippen molar-refractivity contribution in [3.63, 3.8) is 0 Å². The molecule has 0 radical (unpaired) electrons. The predicted octanol–water partition coefficient (Wildman–Crippen LogP) is -1.26. The quantitative estimate of drug-likeness (QED) is 0.178. The van der Waals surface area contributed by atoms with E-state index in [9.17, 15) is 55.5 Å². The number of carbonyl (C=O) groups is 2. The number of phenolic OH excluding ortho intramolecular Hbond substituents is 6. The van der Waals surface area contributed by atoms with Crippen LogP contribution in [0.5, 0.6) is 34.5 Å². The van der Waals surface area contributed by atoms with Crippen molar-refractivity contribution in [2.24, 2.45) is 0 Å². The Morgan fingerprint density at radius 3 is 1.50 bits per heavy atom. The maximum Gasteiger partial charge on any atom is 0.338 e. The van der Waals surface area contributed by atoms with E-state index in [0.717, 1.165) is 24.3 Å². The van der Waals surface area contributed by atoms with E-state index in [1.165, 1.54) is 0 Å². The average molecular weight is 484 g/mol. The molecule has 0 amide bonds. The summed E-state index contributed by atoms with van der Waals surface area (Å²) in [6, 6.07) is 2.94. The van der Waals surface area contributed by atoms with Crippen LogP contribution in [0, 0.1) is 0 Å². The van der Waals surface area contributed by atoms with Gasteiger partial charge in [-0.15, -0.1) is 0 Å². The van der Waals surface area contributed by atoms with E-state index in [-0.39, 0.29) is 0 Å². The maximum absolute atomic E-state index is 12.6. The Bertz CT molecular complexity index is 981. The van der Waals surface area contributed by atoms with Gasteiger partial charge in [-0.1, -0.05) is 0 Å². The smallest absolute Gasteiger partial charge is 0.338 e. The van der Waals surface area contributed by atoms with Gasteiger partial charge >= 0.3 is 11.9 Å². The third-order valence-electron chi connectivity index (χ3n) is 4.91. The zero-order valence-electron chi connectivity index (χ0n) is 17.0. The van der Waals surface area contributed by atoms with Crippen LogP contribution in [0.3, 0.4) is 0 Å².